The van der Waals surface area contributed by atoms with E-state index in [1.807, 2.05) is 62.4 Å². The number of nitrogens with one attached hydrogen (secondary N) is 1. The summed E-state index contributed by atoms with van der Waals surface area (Å²) in [5, 5.41) is 7.12. The molecule has 1 amide bonds. The van der Waals surface area contributed by atoms with Crippen molar-refractivity contribution >= 4 is 5.91 Å². The predicted octanol–water partition coefficient (Wildman–Crippen LogP) is 3.76. The van der Waals surface area contributed by atoms with Crippen molar-refractivity contribution in [2.24, 2.45) is 5.92 Å². The second-order valence-electron chi connectivity index (χ2n) is 8.38. The van der Waals surface area contributed by atoms with Crippen LogP contribution in [0.15, 0.2) is 53.1 Å². The molecule has 2 heterocycles. The maximum atomic E-state index is 12.5. The number of likely N-dealkylation sites (tertiary alicyclic amines) is 1. The van der Waals surface area contributed by atoms with Gasteiger partial charge in [0.2, 0.25) is 17.6 Å². The number of piperidine rings is 1. The highest BCUT2D eigenvalue weighted by atomic mass is 16.5. The highest BCUT2D eigenvalue weighted by Crippen LogP contribution is 2.21. The van der Waals surface area contributed by atoms with Crippen LogP contribution in [-0.4, -0.2) is 47.2 Å². The van der Waals surface area contributed by atoms with Crippen molar-refractivity contribution in [3.63, 3.8) is 0 Å². The third-order valence-corrected chi connectivity index (χ3v) is 5.75. The fraction of sp³-hybridized carbons (Fsp3) is 0.400. The number of nitrogens with zero attached hydrogens (tertiary/aromatic N) is 3. The van der Waals surface area contributed by atoms with E-state index in [2.05, 4.69) is 20.4 Å². The standard InChI is InChI=1S/C25H30N4O3/c1-18-6-8-22(9-7-18)31-15-12-26-25(30)20-10-13-29(14-11-20)17-23-27-24(28-32-23)21-5-3-4-19(2)16-21/h3-9,16,20H,10-15,17H2,1-2H3,(H,26,30). The largest absolute Gasteiger partial charge is 0.492 e. The molecule has 32 heavy (non-hydrogen) atoms. The molecule has 4 rings (SSSR count). The van der Waals surface area contributed by atoms with Crippen molar-refractivity contribution in [2.45, 2.75) is 33.2 Å². The molecule has 0 saturated carbocycles. The molecule has 3 aromatic rings. The van der Waals surface area contributed by atoms with Crippen LogP contribution >= 0.6 is 0 Å². The number of aromatic nitrogens is 2. The Morgan fingerprint density at radius 2 is 1.91 bits per heavy atom. The first-order valence-corrected chi connectivity index (χ1v) is 11.2. The highest BCUT2D eigenvalue weighted by Gasteiger charge is 2.25. The van der Waals surface area contributed by atoms with E-state index in [0.717, 1.165) is 42.8 Å². The Hall–Kier alpha value is -3.19. The Labute approximate surface area is 188 Å². The maximum absolute atomic E-state index is 12.5. The molecular formula is C25H30N4O3. The molecule has 0 spiro atoms. The van der Waals surface area contributed by atoms with Crippen LogP contribution in [0.1, 0.15) is 29.9 Å². The molecule has 1 aliphatic rings. The summed E-state index contributed by atoms with van der Waals surface area (Å²) in [5.41, 5.74) is 3.32. The summed E-state index contributed by atoms with van der Waals surface area (Å²) >= 11 is 0. The third-order valence-electron chi connectivity index (χ3n) is 5.75. The van der Waals surface area contributed by atoms with E-state index in [-0.39, 0.29) is 11.8 Å². The summed E-state index contributed by atoms with van der Waals surface area (Å²) in [6.07, 6.45) is 1.65. The zero-order valence-electron chi connectivity index (χ0n) is 18.7. The van der Waals surface area contributed by atoms with E-state index in [4.69, 9.17) is 9.26 Å². The van der Waals surface area contributed by atoms with Crippen molar-refractivity contribution in [1.29, 1.82) is 0 Å². The average molecular weight is 435 g/mol. The Morgan fingerprint density at radius 1 is 1.12 bits per heavy atom. The van der Waals surface area contributed by atoms with E-state index in [0.29, 0.717) is 31.4 Å². The van der Waals surface area contributed by atoms with Gasteiger partial charge in [0.15, 0.2) is 0 Å². The molecule has 7 nitrogen and oxygen atoms in total. The summed E-state index contributed by atoms with van der Waals surface area (Å²) in [6.45, 7) is 7.34. The number of rotatable bonds is 8. The van der Waals surface area contributed by atoms with Gasteiger partial charge in [-0.1, -0.05) is 46.6 Å². The maximum Gasteiger partial charge on any atom is 0.241 e. The first-order valence-electron chi connectivity index (χ1n) is 11.2. The Balaban J connectivity index is 1.17. The van der Waals surface area contributed by atoms with Crippen LogP contribution in [0.4, 0.5) is 0 Å². The normalized spacial score (nSPS) is 14.9. The van der Waals surface area contributed by atoms with Gasteiger partial charge in [-0.15, -0.1) is 0 Å². The lowest BCUT2D eigenvalue weighted by Gasteiger charge is -2.30. The molecule has 168 valence electrons. The van der Waals surface area contributed by atoms with Gasteiger partial charge in [-0.2, -0.15) is 4.98 Å². The number of amides is 1. The lowest BCUT2D eigenvalue weighted by molar-refractivity contribution is -0.126. The second kappa shape index (κ2) is 10.4. The van der Waals surface area contributed by atoms with Crippen molar-refractivity contribution in [3.8, 4) is 17.1 Å². The minimum Gasteiger partial charge on any atom is -0.492 e. The van der Waals surface area contributed by atoms with Gasteiger partial charge in [-0.05, 0) is 58.0 Å². The molecule has 0 atom stereocenters. The van der Waals surface area contributed by atoms with Gasteiger partial charge in [0.1, 0.15) is 12.4 Å². The molecule has 0 bridgehead atoms. The smallest absolute Gasteiger partial charge is 0.241 e. The first kappa shape index (κ1) is 22.0. The minimum atomic E-state index is 0.0381. The molecule has 0 radical (unpaired) electrons. The summed E-state index contributed by atoms with van der Waals surface area (Å²) < 4.78 is 11.1. The van der Waals surface area contributed by atoms with Crippen LogP contribution in [0.3, 0.4) is 0 Å². The van der Waals surface area contributed by atoms with Gasteiger partial charge in [-0.25, -0.2) is 0 Å². The quantitative estimate of drug-likeness (QED) is 0.544. The topological polar surface area (TPSA) is 80.5 Å². The predicted molar refractivity (Wildman–Crippen MR) is 122 cm³/mol. The summed E-state index contributed by atoms with van der Waals surface area (Å²) in [5.74, 6) is 2.20. The molecular weight excluding hydrogens is 404 g/mol. The van der Waals surface area contributed by atoms with Crippen LogP contribution in [-0.2, 0) is 11.3 Å². The first-order chi connectivity index (χ1) is 15.6. The van der Waals surface area contributed by atoms with Crippen LogP contribution < -0.4 is 10.1 Å². The molecule has 1 saturated heterocycles. The molecule has 1 N–H and O–H groups in total. The van der Waals surface area contributed by atoms with Crippen LogP contribution in [0, 0.1) is 19.8 Å². The number of carbonyl (C=O) groups is 1. The van der Waals surface area contributed by atoms with Crippen LogP contribution in [0.25, 0.3) is 11.4 Å². The summed E-state index contributed by atoms with van der Waals surface area (Å²) in [7, 11) is 0. The van der Waals surface area contributed by atoms with E-state index in [9.17, 15) is 4.79 Å². The van der Waals surface area contributed by atoms with Crippen LogP contribution in [0.2, 0.25) is 0 Å². The zero-order valence-corrected chi connectivity index (χ0v) is 18.7. The van der Waals surface area contributed by atoms with Crippen molar-refractivity contribution in [3.05, 3.63) is 65.5 Å². The Bertz CT molecular complexity index is 1020. The molecule has 1 aromatic heterocycles. The lowest BCUT2D eigenvalue weighted by Crippen LogP contribution is -2.41. The fourth-order valence-electron chi connectivity index (χ4n) is 3.89. The Morgan fingerprint density at radius 3 is 2.66 bits per heavy atom. The number of hydrogen-bond acceptors (Lipinski definition) is 6. The van der Waals surface area contributed by atoms with Gasteiger partial charge >= 0.3 is 0 Å². The third kappa shape index (κ3) is 5.95. The Kier molecular flexibility index (Phi) is 7.17. The summed E-state index contributed by atoms with van der Waals surface area (Å²) in [4.78, 5) is 19.3. The highest BCUT2D eigenvalue weighted by molar-refractivity contribution is 5.78. The van der Waals surface area contributed by atoms with Gasteiger partial charge < -0.3 is 14.6 Å². The number of hydrogen-bond donors (Lipinski definition) is 1. The van der Waals surface area contributed by atoms with Crippen molar-refractivity contribution in [1.82, 2.24) is 20.4 Å². The van der Waals surface area contributed by atoms with E-state index < -0.39 is 0 Å². The van der Waals surface area contributed by atoms with E-state index in [1.165, 1.54) is 5.56 Å². The van der Waals surface area contributed by atoms with Crippen molar-refractivity contribution < 1.29 is 14.1 Å². The molecule has 0 unspecified atom stereocenters. The van der Waals surface area contributed by atoms with Gasteiger partial charge in [0.25, 0.3) is 0 Å². The molecule has 0 aliphatic carbocycles. The van der Waals surface area contributed by atoms with E-state index >= 15 is 0 Å². The zero-order chi connectivity index (χ0) is 22.3. The monoisotopic (exact) mass is 434 g/mol. The second-order valence-corrected chi connectivity index (χ2v) is 8.38. The SMILES string of the molecule is Cc1ccc(OCCNC(=O)C2CCN(Cc3nc(-c4cccc(C)c4)no3)CC2)cc1. The fourth-order valence-corrected chi connectivity index (χ4v) is 3.89. The van der Waals surface area contributed by atoms with Crippen molar-refractivity contribution in [2.75, 3.05) is 26.2 Å². The van der Waals surface area contributed by atoms with Gasteiger partial charge in [0.05, 0.1) is 13.1 Å². The number of benzene rings is 2. The van der Waals surface area contributed by atoms with Gasteiger partial charge in [-0.3, -0.25) is 9.69 Å². The minimum absolute atomic E-state index is 0.0381. The number of aryl methyl sites for hydroxylation is 2. The molecule has 1 aliphatic heterocycles. The lowest BCUT2D eigenvalue weighted by atomic mass is 9.96. The number of ether oxygens (including phenoxy) is 1. The van der Waals surface area contributed by atoms with Crippen LogP contribution in [0.5, 0.6) is 5.75 Å². The molecule has 7 heteroatoms. The molecule has 2 aromatic carbocycles. The van der Waals surface area contributed by atoms with Gasteiger partial charge in [0, 0.05) is 11.5 Å². The molecule has 1 fully saturated rings. The van der Waals surface area contributed by atoms with E-state index in [1.54, 1.807) is 0 Å². The number of carbonyl (C=O) groups excluding carboxylic acids is 1. The average Bonchev–Trinajstić information content (AvgIpc) is 3.27. The summed E-state index contributed by atoms with van der Waals surface area (Å²) in [6, 6.07) is 16.0.